The van der Waals surface area contributed by atoms with Gasteiger partial charge in [-0.25, -0.2) is 0 Å². The van der Waals surface area contributed by atoms with Crippen LogP contribution in [0.15, 0.2) is 41.7 Å². The van der Waals surface area contributed by atoms with Gasteiger partial charge in [0.15, 0.2) is 5.96 Å². The summed E-state index contributed by atoms with van der Waals surface area (Å²) < 4.78 is 42.7. The highest BCUT2D eigenvalue weighted by atomic mass is 127. The number of rotatable bonds is 8. The molecule has 156 valence electrons. The molecule has 6 nitrogen and oxygen atoms in total. The molecule has 2 aromatic rings. The van der Waals surface area contributed by atoms with Crippen LogP contribution in [-0.4, -0.2) is 42.1 Å². The number of hydrogen-bond acceptors (Lipinski definition) is 3. The molecule has 2 rings (SSSR count). The molecule has 0 bridgehead atoms. The number of benzene rings is 1. The fraction of sp³-hybridized carbons (Fsp3) is 0.444. The normalized spacial score (nSPS) is 11.8. The number of halogens is 4. The highest BCUT2D eigenvalue weighted by Crippen LogP contribution is 2.15. The Balaban J connectivity index is 0.00000392. The van der Waals surface area contributed by atoms with Crippen molar-refractivity contribution in [3.05, 3.63) is 53.3 Å². The van der Waals surface area contributed by atoms with Crippen LogP contribution < -0.4 is 10.6 Å². The SMILES string of the molecule is CN=C(NCCn1cc(C)cn1)NCc1ccc(COCC(F)(F)F)cc1.I. The van der Waals surface area contributed by atoms with Gasteiger partial charge in [-0.15, -0.1) is 24.0 Å². The van der Waals surface area contributed by atoms with E-state index in [1.807, 2.05) is 36.1 Å². The molecule has 0 aliphatic carbocycles. The number of aliphatic imine (C=N–C) groups is 1. The van der Waals surface area contributed by atoms with Gasteiger partial charge in [0, 0.05) is 26.3 Å². The van der Waals surface area contributed by atoms with Gasteiger partial charge in [0.2, 0.25) is 0 Å². The number of alkyl halides is 3. The molecule has 2 N–H and O–H groups in total. The van der Waals surface area contributed by atoms with Crippen molar-refractivity contribution < 1.29 is 17.9 Å². The Hall–Kier alpha value is -1.82. The fourth-order valence-electron chi connectivity index (χ4n) is 2.32. The summed E-state index contributed by atoms with van der Waals surface area (Å²) in [6.07, 6.45) is -0.522. The second-order valence-corrected chi connectivity index (χ2v) is 6.06. The summed E-state index contributed by atoms with van der Waals surface area (Å²) in [6, 6.07) is 7.20. The standard InChI is InChI=1S/C18H24F3N5O.HI/c1-14-9-25-26(11-14)8-7-23-17(22-2)24-10-15-3-5-16(6-4-15)12-27-13-18(19,20)21;/h3-6,9,11H,7-8,10,12-13H2,1-2H3,(H2,22,23,24);1H. The predicted molar refractivity (Wildman–Crippen MR) is 113 cm³/mol. The van der Waals surface area contributed by atoms with Crippen LogP contribution in [-0.2, 0) is 24.4 Å². The van der Waals surface area contributed by atoms with Gasteiger partial charge in [0.05, 0.1) is 19.3 Å². The number of guanidine groups is 1. The van der Waals surface area contributed by atoms with Crippen molar-refractivity contribution in [1.82, 2.24) is 20.4 Å². The minimum Gasteiger partial charge on any atom is -0.367 e. The Labute approximate surface area is 179 Å². The lowest BCUT2D eigenvalue weighted by molar-refractivity contribution is -0.176. The van der Waals surface area contributed by atoms with Gasteiger partial charge in [0.1, 0.15) is 6.61 Å². The minimum atomic E-state index is -4.30. The molecule has 0 radical (unpaired) electrons. The second-order valence-electron chi connectivity index (χ2n) is 6.06. The van der Waals surface area contributed by atoms with Gasteiger partial charge in [-0.2, -0.15) is 18.3 Å². The Morgan fingerprint density at radius 1 is 1.18 bits per heavy atom. The highest BCUT2D eigenvalue weighted by molar-refractivity contribution is 14.0. The topological polar surface area (TPSA) is 63.5 Å². The van der Waals surface area contributed by atoms with Gasteiger partial charge in [-0.05, 0) is 23.6 Å². The molecular weight excluding hydrogens is 486 g/mol. The summed E-state index contributed by atoms with van der Waals surface area (Å²) in [7, 11) is 1.69. The van der Waals surface area contributed by atoms with E-state index >= 15 is 0 Å². The number of aromatic nitrogens is 2. The van der Waals surface area contributed by atoms with Crippen molar-refractivity contribution in [3.63, 3.8) is 0 Å². The molecule has 1 heterocycles. The van der Waals surface area contributed by atoms with Crippen molar-refractivity contribution in [3.8, 4) is 0 Å². The minimum absolute atomic E-state index is 0. The highest BCUT2D eigenvalue weighted by Gasteiger charge is 2.27. The third kappa shape index (κ3) is 9.40. The molecule has 28 heavy (non-hydrogen) atoms. The van der Waals surface area contributed by atoms with Crippen LogP contribution in [0.4, 0.5) is 13.2 Å². The molecule has 0 saturated carbocycles. The van der Waals surface area contributed by atoms with E-state index in [-0.39, 0.29) is 30.6 Å². The first-order chi connectivity index (χ1) is 12.9. The molecule has 0 aliphatic heterocycles. The molecule has 1 aromatic carbocycles. The molecule has 0 amide bonds. The Bertz CT molecular complexity index is 732. The van der Waals surface area contributed by atoms with Crippen molar-refractivity contribution >= 4 is 29.9 Å². The second kappa shape index (κ2) is 11.9. The van der Waals surface area contributed by atoms with Crippen LogP contribution in [0.5, 0.6) is 0 Å². The Morgan fingerprint density at radius 3 is 2.43 bits per heavy atom. The zero-order valence-electron chi connectivity index (χ0n) is 15.8. The van der Waals surface area contributed by atoms with Crippen molar-refractivity contribution in [2.24, 2.45) is 4.99 Å². The zero-order chi connectivity index (χ0) is 19.7. The summed E-state index contributed by atoms with van der Waals surface area (Å²) in [5.74, 6) is 0.663. The predicted octanol–water partition coefficient (Wildman–Crippen LogP) is 3.25. The van der Waals surface area contributed by atoms with Crippen molar-refractivity contribution in [2.45, 2.75) is 32.8 Å². The lowest BCUT2D eigenvalue weighted by Crippen LogP contribution is -2.38. The molecule has 0 aliphatic rings. The molecule has 0 unspecified atom stereocenters. The Morgan fingerprint density at radius 2 is 1.86 bits per heavy atom. The summed E-state index contributed by atoms with van der Waals surface area (Å²) in [6.45, 7) is 2.63. The third-order valence-corrected chi connectivity index (χ3v) is 3.64. The van der Waals surface area contributed by atoms with Gasteiger partial charge in [0.25, 0.3) is 0 Å². The first kappa shape index (κ1) is 24.2. The van der Waals surface area contributed by atoms with E-state index in [0.29, 0.717) is 24.6 Å². The van der Waals surface area contributed by atoms with Crippen LogP contribution in [0.1, 0.15) is 16.7 Å². The quantitative estimate of drug-likeness (QED) is 0.325. The van der Waals surface area contributed by atoms with Gasteiger partial charge < -0.3 is 15.4 Å². The number of aryl methyl sites for hydroxylation is 1. The maximum atomic E-state index is 12.1. The number of ether oxygens (including phenoxy) is 1. The van der Waals surface area contributed by atoms with Gasteiger partial charge in [-0.3, -0.25) is 9.67 Å². The van der Waals surface area contributed by atoms with Crippen LogP contribution in [0.2, 0.25) is 0 Å². The van der Waals surface area contributed by atoms with Gasteiger partial charge in [-0.1, -0.05) is 24.3 Å². The molecule has 1 aromatic heterocycles. The summed E-state index contributed by atoms with van der Waals surface area (Å²) >= 11 is 0. The average Bonchev–Trinajstić information content (AvgIpc) is 3.03. The Kier molecular flexibility index (Phi) is 10.3. The van der Waals surface area contributed by atoms with Crippen LogP contribution in [0.3, 0.4) is 0 Å². The van der Waals surface area contributed by atoms with Crippen LogP contribution >= 0.6 is 24.0 Å². The van der Waals surface area contributed by atoms with Crippen molar-refractivity contribution in [2.75, 3.05) is 20.2 Å². The summed E-state index contributed by atoms with van der Waals surface area (Å²) in [4.78, 5) is 4.16. The van der Waals surface area contributed by atoms with Crippen LogP contribution in [0, 0.1) is 6.92 Å². The van der Waals surface area contributed by atoms with Crippen molar-refractivity contribution in [1.29, 1.82) is 0 Å². The lowest BCUT2D eigenvalue weighted by Gasteiger charge is -2.12. The van der Waals surface area contributed by atoms with E-state index < -0.39 is 12.8 Å². The maximum Gasteiger partial charge on any atom is 0.411 e. The molecule has 0 atom stereocenters. The van der Waals surface area contributed by atoms with E-state index in [9.17, 15) is 13.2 Å². The summed E-state index contributed by atoms with van der Waals surface area (Å²) in [5, 5.41) is 10.6. The lowest BCUT2D eigenvalue weighted by atomic mass is 10.1. The monoisotopic (exact) mass is 511 g/mol. The van der Waals surface area contributed by atoms with E-state index in [1.165, 1.54) is 0 Å². The summed E-state index contributed by atoms with van der Waals surface area (Å²) in [5.41, 5.74) is 2.80. The fourth-order valence-corrected chi connectivity index (χ4v) is 2.32. The molecule has 0 saturated heterocycles. The third-order valence-electron chi connectivity index (χ3n) is 3.64. The number of nitrogens with zero attached hydrogens (tertiary/aromatic N) is 3. The van der Waals surface area contributed by atoms with E-state index in [1.54, 1.807) is 19.2 Å². The number of nitrogens with one attached hydrogen (secondary N) is 2. The molecule has 0 spiro atoms. The van der Waals surface area contributed by atoms with Crippen LogP contribution in [0.25, 0.3) is 0 Å². The first-order valence-corrected chi connectivity index (χ1v) is 8.51. The molecular formula is C18H25F3IN5O. The first-order valence-electron chi connectivity index (χ1n) is 8.51. The van der Waals surface area contributed by atoms with E-state index in [0.717, 1.165) is 17.7 Å². The van der Waals surface area contributed by atoms with Gasteiger partial charge >= 0.3 is 6.18 Å². The van der Waals surface area contributed by atoms with E-state index in [2.05, 4.69) is 25.5 Å². The number of hydrogen-bond donors (Lipinski definition) is 2. The molecule has 10 heteroatoms. The zero-order valence-corrected chi connectivity index (χ0v) is 18.1. The molecule has 0 fully saturated rings. The maximum absolute atomic E-state index is 12.1. The smallest absolute Gasteiger partial charge is 0.367 e. The van der Waals surface area contributed by atoms with E-state index in [4.69, 9.17) is 0 Å². The largest absolute Gasteiger partial charge is 0.411 e. The average molecular weight is 511 g/mol.